The zero-order chi connectivity index (χ0) is 25.0. The number of esters is 1. The van der Waals surface area contributed by atoms with E-state index < -0.39 is 46.9 Å². The number of hydrogen-bond acceptors (Lipinski definition) is 4. The van der Waals surface area contributed by atoms with Crippen molar-refractivity contribution in [3.8, 4) is 0 Å². The van der Waals surface area contributed by atoms with E-state index in [1.807, 2.05) is 6.92 Å². The van der Waals surface area contributed by atoms with Gasteiger partial charge >= 0.3 is 5.97 Å². The molecule has 8 heteroatoms. The highest BCUT2D eigenvalue weighted by Crippen LogP contribution is 2.48. The predicted molar refractivity (Wildman–Crippen MR) is 121 cm³/mol. The lowest BCUT2D eigenvalue weighted by molar-refractivity contribution is -0.259. The lowest BCUT2D eigenvalue weighted by Crippen LogP contribution is -2.56. The van der Waals surface area contributed by atoms with E-state index in [1.54, 1.807) is 30.3 Å². The fraction of sp³-hybridized carbons (Fsp3) is 0.370. The van der Waals surface area contributed by atoms with E-state index in [9.17, 15) is 13.6 Å². The molecule has 4 rings (SSSR count). The van der Waals surface area contributed by atoms with Crippen LogP contribution in [0.3, 0.4) is 0 Å². The van der Waals surface area contributed by atoms with Gasteiger partial charge in [-0.05, 0) is 41.8 Å². The lowest BCUT2D eigenvalue weighted by Gasteiger charge is -2.42. The van der Waals surface area contributed by atoms with Gasteiger partial charge in [-0.1, -0.05) is 49.7 Å². The Labute approximate surface area is 201 Å². The monoisotopic (exact) mass is 490 g/mol. The molecule has 1 aliphatic carbocycles. The molecule has 2 aliphatic rings. The normalized spacial score (nSPS) is 26.6. The van der Waals surface area contributed by atoms with E-state index in [2.05, 4.69) is 0 Å². The fourth-order valence-electron chi connectivity index (χ4n) is 4.43. The van der Waals surface area contributed by atoms with E-state index >= 15 is 8.78 Å². The summed E-state index contributed by atoms with van der Waals surface area (Å²) in [7, 11) is 0. The first-order chi connectivity index (χ1) is 16.9. The van der Waals surface area contributed by atoms with Crippen LogP contribution in [-0.2, 0) is 25.6 Å². The SMILES string of the molecule is CCCC1COC(C2(C(=O)OCc3ccccc3)C(F)=CC(c3c(F)cccc3F)=CC2F)OC1. The van der Waals surface area contributed by atoms with Crippen LogP contribution in [0.2, 0.25) is 0 Å². The molecule has 2 aromatic carbocycles. The quantitative estimate of drug-likeness (QED) is 0.349. The van der Waals surface area contributed by atoms with E-state index in [-0.39, 0.29) is 31.3 Å². The van der Waals surface area contributed by atoms with Crippen LogP contribution in [0, 0.1) is 23.0 Å². The Morgan fingerprint density at radius 1 is 1.03 bits per heavy atom. The Kier molecular flexibility index (Phi) is 7.72. The molecule has 1 heterocycles. The summed E-state index contributed by atoms with van der Waals surface area (Å²) < 4.78 is 77.0. The molecule has 186 valence electrons. The van der Waals surface area contributed by atoms with Gasteiger partial charge in [-0.3, -0.25) is 4.79 Å². The minimum absolute atomic E-state index is 0.0148. The molecule has 0 N–H and O–H groups in total. The van der Waals surface area contributed by atoms with Crippen LogP contribution in [0.5, 0.6) is 0 Å². The zero-order valence-corrected chi connectivity index (χ0v) is 19.2. The van der Waals surface area contributed by atoms with Gasteiger partial charge in [0.25, 0.3) is 0 Å². The van der Waals surface area contributed by atoms with Gasteiger partial charge in [0.2, 0.25) is 5.41 Å². The maximum atomic E-state index is 15.9. The summed E-state index contributed by atoms with van der Waals surface area (Å²) in [4.78, 5) is 13.3. The van der Waals surface area contributed by atoms with Crippen molar-refractivity contribution in [2.24, 2.45) is 11.3 Å². The number of carbonyl (C=O) groups excluding carboxylic acids is 1. The largest absolute Gasteiger partial charge is 0.460 e. The number of carbonyl (C=O) groups is 1. The van der Waals surface area contributed by atoms with Gasteiger partial charge in [0, 0.05) is 5.92 Å². The van der Waals surface area contributed by atoms with Crippen LogP contribution in [0.15, 0.2) is 66.5 Å². The highest BCUT2D eigenvalue weighted by Gasteiger charge is 2.61. The molecule has 0 bridgehead atoms. The average Bonchev–Trinajstić information content (AvgIpc) is 2.84. The zero-order valence-electron chi connectivity index (χ0n) is 19.2. The van der Waals surface area contributed by atoms with Gasteiger partial charge in [-0.2, -0.15) is 0 Å². The molecule has 0 aromatic heterocycles. The predicted octanol–water partition coefficient (Wildman–Crippen LogP) is 6.07. The van der Waals surface area contributed by atoms with Crippen LogP contribution in [-0.4, -0.2) is 31.6 Å². The number of benzene rings is 2. The van der Waals surface area contributed by atoms with Crippen molar-refractivity contribution in [2.45, 2.75) is 38.8 Å². The van der Waals surface area contributed by atoms with Crippen molar-refractivity contribution in [3.05, 3.63) is 89.3 Å². The summed E-state index contributed by atoms with van der Waals surface area (Å²) in [5.74, 6) is -4.48. The van der Waals surface area contributed by atoms with E-state index in [1.165, 1.54) is 0 Å². The smallest absolute Gasteiger partial charge is 0.328 e. The molecule has 0 saturated carbocycles. The van der Waals surface area contributed by atoms with Crippen molar-refractivity contribution in [1.29, 1.82) is 0 Å². The third-order valence-electron chi connectivity index (χ3n) is 6.28. The summed E-state index contributed by atoms with van der Waals surface area (Å²) in [5.41, 5.74) is -2.96. The molecule has 0 spiro atoms. The molecule has 4 nitrogen and oxygen atoms in total. The Hall–Kier alpha value is -2.97. The minimum Gasteiger partial charge on any atom is -0.460 e. The maximum absolute atomic E-state index is 15.9. The molecule has 2 unspecified atom stereocenters. The summed E-state index contributed by atoms with van der Waals surface area (Å²) in [6.45, 7) is 2.05. The number of halogens is 4. The second kappa shape index (κ2) is 10.7. The molecular formula is C27H26F4O4. The summed E-state index contributed by atoms with van der Waals surface area (Å²) in [6.07, 6.45) is -0.796. The van der Waals surface area contributed by atoms with Crippen LogP contribution in [0.25, 0.3) is 5.57 Å². The molecule has 0 amide bonds. The van der Waals surface area contributed by atoms with Crippen LogP contribution in [0.1, 0.15) is 30.9 Å². The van der Waals surface area contributed by atoms with E-state index in [0.717, 1.165) is 43.2 Å². The maximum Gasteiger partial charge on any atom is 0.328 e. The molecule has 1 fully saturated rings. The van der Waals surface area contributed by atoms with Crippen molar-refractivity contribution in [1.82, 2.24) is 0 Å². The fourth-order valence-corrected chi connectivity index (χ4v) is 4.43. The van der Waals surface area contributed by atoms with Crippen molar-refractivity contribution in [2.75, 3.05) is 13.2 Å². The van der Waals surface area contributed by atoms with E-state index in [4.69, 9.17) is 14.2 Å². The molecule has 1 saturated heterocycles. The molecule has 2 atom stereocenters. The first-order valence-electron chi connectivity index (χ1n) is 11.5. The molecular weight excluding hydrogens is 464 g/mol. The van der Waals surface area contributed by atoms with Gasteiger partial charge in [0.1, 0.15) is 30.2 Å². The number of rotatable bonds is 7. The second-order valence-corrected chi connectivity index (χ2v) is 8.70. The average molecular weight is 490 g/mol. The van der Waals surface area contributed by atoms with Gasteiger partial charge in [-0.15, -0.1) is 0 Å². The number of hydrogen-bond donors (Lipinski definition) is 0. The third kappa shape index (κ3) is 4.90. The van der Waals surface area contributed by atoms with Gasteiger partial charge < -0.3 is 14.2 Å². The van der Waals surface area contributed by atoms with Crippen molar-refractivity contribution >= 4 is 11.5 Å². The first-order valence-corrected chi connectivity index (χ1v) is 11.5. The Morgan fingerprint density at radius 3 is 2.29 bits per heavy atom. The highest BCUT2D eigenvalue weighted by molar-refractivity contribution is 5.87. The Balaban J connectivity index is 1.68. The van der Waals surface area contributed by atoms with Gasteiger partial charge in [-0.25, -0.2) is 17.6 Å². The van der Waals surface area contributed by atoms with Gasteiger partial charge in [0.15, 0.2) is 6.29 Å². The molecule has 0 radical (unpaired) electrons. The molecule has 2 aromatic rings. The first kappa shape index (κ1) is 25.1. The van der Waals surface area contributed by atoms with Crippen molar-refractivity contribution in [3.63, 3.8) is 0 Å². The van der Waals surface area contributed by atoms with Crippen LogP contribution < -0.4 is 0 Å². The standard InChI is InChI=1S/C27H26F4O4/c1-2-7-18-15-34-26(35-16-18)27(25(32)33-14-17-8-4-3-5-9-17)22(30)12-19(13-23(27)31)24-20(28)10-6-11-21(24)29/h3-6,8-13,18,22,26H,2,7,14-16H2,1H3. The van der Waals surface area contributed by atoms with Gasteiger partial charge in [0.05, 0.1) is 18.8 Å². The van der Waals surface area contributed by atoms with Crippen molar-refractivity contribution < 1.29 is 36.6 Å². The van der Waals surface area contributed by atoms with Crippen LogP contribution >= 0.6 is 0 Å². The van der Waals surface area contributed by atoms with Crippen LogP contribution in [0.4, 0.5) is 17.6 Å². The summed E-state index contributed by atoms with van der Waals surface area (Å²) in [5, 5.41) is 0. The minimum atomic E-state index is -2.61. The summed E-state index contributed by atoms with van der Waals surface area (Å²) >= 11 is 0. The summed E-state index contributed by atoms with van der Waals surface area (Å²) in [6, 6.07) is 11.7. The highest BCUT2D eigenvalue weighted by atomic mass is 19.1. The number of ether oxygens (including phenoxy) is 3. The van der Waals surface area contributed by atoms with E-state index in [0.29, 0.717) is 5.56 Å². The molecule has 35 heavy (non-hydrogen) atoms. The number of alkyl halides is 1. The Bertz CT molecular complexity index is 1090. The molecule has 1 aliphatic heterocycles. The second-order valence-electron chi connectivity index (χ2n) is 8.70. The Morgan fingerprint density at radius 2 is 1.69 bits per heavy atom. The lowest BCUT2D eigenvalue weighted by atomic mass is 9.75. The topological polar surface area (TPSA) is 44.8 Å². The third-order valence-corrected chi connectivity index (χ3v) is 6.28. The number of allylic oxidation sites excluding steroid dienone is 3.